The zero-order chi connectivity index (χ0) is 14.3. The number of nitrogens with one attached hydrogen (secondary N) is 1. The van der Waals surface area contributed by atoms with E-state index in [4.69, 9.17) is 17.3 Å². The predicted molar refractivity (Wildman–Crippen MR) is 89.2 cm³/mol. The molecule has 0 aliphatic heterocycles. The summed E-state index contributed by atoms with van der Waals surface area (Å²) in [7, 11) is 0. The predicted octanol–water partition coefficient (Wildman–Crippen LogP) is 5.11. The van der Waals surface area contributed by atoms with E-state index in [1.807, 2.05) is 36.6 Å². The second-order valence-electron chi connectivity index (χ2n) is 4.43. The third-order valence-corrected chi connectivity index (χ3v) is 5.24. The van der Waals surface area contributed by atoms with E-state index in [1.165, 1.54) is 0 Å². The van der Waals surface area contributed by atoms with Gasteiger partial charge in [-0.2, -0.15) is 5.10 Å². The van der Waals surface area contributed by atoms with Gasteiger partial charge in [-0.05, 0) is 35.6 Å². The minimum atomic E-state index is 0.472. The summed E-state index contributed by atoms with van der Waals surface area (Å²) in [6.45, 7) is 1.99. The molecule has 0 saturated heterocycles. The molecule has 0 aliphatic carbocycles. The zero-order valence-corrected chi connectivity index (χ0v) is 13.7. The second kappa shape index (κ2) is 5.24. The minimum absolute atomic E-state index is 0.472. The second-order valence-corrected chi connectivity index (χ2v) is 6.60. The van der Waals surface area contributed by atoms with Crippen molar-refractivity contribution in [3.8, 4) is 21.7 Å². The number of hydrogen-bond acceptors (Lipinski definition) is 3. The first-order valence-electron chi connectivity index (χ1n) is 5.91. The lowest BCUT2D eigenvalue weighted by molar-refractivity contribution is 1.11. The van der Waals surface area contributed by atoms with Crippen molar-refractivity contribution in [1.82, 2.24) is 10.2 Å². The molecule has 0 spiro atoms. The van der Waals surface area contributed by atoms with Gasteiger partial charge in [0.1, 0.15) is 0 Å². The maximum absolute atomic E-state index is 6.36. The molecule has 20 heavy (non-hydrogen) atoms. The molecule has 3 rings (SSSR count). The van der Waals surface area contributed by atoms with Gasteiger partial charge in [-0.3, -0.25) is 5.10 Å². The highest BCUT2D eigenvalue weighted by Crippen LogP contribution is 2.42. The first kappa shape index (κ1) is 13.7. The van der Waals surface area contributed by atoms with E-state index in [-0.39, 0.29) is 0 Å². The smallest absolute Gasteiger partial charge is 0.153 e. The number of halogens is 2. The summed E-state index contributed by atoms with van der Waals surface area (Å²) in [5, 5.41) is 9.91. The van der Waals surface area contributed by atoms with Gasteiger partial charge >= 0.3 is 0 Å². The Morgan fingerprint density at radius 2 is 2.20 bits per heavy atom. The molecule has 102 valence electrons. The van der Waals surface area contributed by atoms with Crippen LogP contribution in [0.3, 0.4) is 0 Å². The number of aromatic nitrogens is 2. The minimum Gasteiger partial charge on any atom is -0.382 e. The lowest BCUT2D eigenvalue weighted by Crippen LogP contribution is -1.88. The molecule has 0 fully saturated rings. The highest BCUT2D eigenvalue weighted by atomic mass is 79.9. The highest BCUT2D eigenvalue weighted by Gasteiger charge is 2.19. The lowest BCUT2D eigenvalue weighted by atomic mass is 10.0. The van der Waals surface area contributed by atoms with E-state index in [2.05, 4.69) is 26.1 Å². The molecule has 3 N–H and O–H groups in total. The molecule has 3 nitrogen and oxygen atoms in total. The van der Waals surface area contributed by atoms with Gasteiger partial charge in [0.25, 0.3) is 0 Å². The molecule has 0 radical (unpaired) electrons. The number of aryl methyl sites for hydroxylation is 1. The lowest BCUT2D eigenvalue weighted by Gasteiger charge is -2.04. The zero-order valence-electron chi connectivity index (χ0n) is 10.6. The molecule has 0 unspecified atom stereocenters. The van der Waals surface area contributed by atoms with Crippen molar-refractivity contribution in [2.24, 2.45) is 0 Å². The van der Waals surface area contributed by atoms with Crippen molar-refractivity contribution in [2.75, 3.05) is 5.73 Å². The number of H-pyrrole nitrogens is 1. The number of thiophene rings is 1. The largest absolute Gasteiger partial charge is 0.382 e. The molecule has 1 aromatic carbocycles. The van der Waals surface area contributed by atoms with E-state index in [9.17, 15) is 0 Å². The van der Waals surface area contributed by atoms with Crippen molar-refractivity contribution in [3.05, 3.63) is 44.7 Å². The number of rotatable bonds is 2. The Morgan fingerprint density at radius 1 is 1.40 bits per heavy atom. The average Bonchev–Trinajstić information content (AvgIpc) is 2.94. The fourth-order valence-electron chi connectivity index (χ4n) is 2.06. The van der Waals surface area contributed by atoms with E-state index < -0.39 is 0 Å². The number of aromatic amines is 1. The summed E-state index contributed by atoms with van der Waals surface area (Å²) in [5.41, 5.74) is 9.83. The van der Waals surface area contributed by atoms with E-state index in [0.29, 0.717) is 5.82 Å². The number of hydrogen-bond donors (Lipinski definition) is 2. The summed E-state index contributed by atoms with van der Waals surface area (Å²) in [5.74, 6) is 0.472. The Labute approximate surface area is 133 Å². The van der Waals surface area contributed by atoms with Crippen LogP contribution in [0.1, 0.15) is 5.56 Å². The summed E-state index contributed by atoms with van der Waals surface area (Å²) < 4.78 is 0.995. The Morgan fingerprint density at radius 3 is 2.85 bits per heavy atom. The van der Waals surface area contributed by atoms with E-state index in [0.717, 1.165) is 36.8 Å². The third-order valence-electron chi connectivity index (χ3n) is 3.03. The SMILES string of the molecule is Cc1csc(-c2[nH]nc(N)c2-c2cccc(Br)c2)c1Cl. The fraction of sp³-hybridized carbons (Fsp3) is 0.0714. The van der Waals surface area contributed by atoms with Gasteiger partial charge < -0.3 is 5.73 Å². The molecule has 0 aliphatic rings. The molecule has 0 bridgehead atoms. The molecule has 3 aromatic rings. The van der Waals surface area contributed by atoms with Crippen LogP contribution in [-0.2, 0) is 0 Å². The van der Waals surface area contributed by atoms with Crippen LogP contribution in [0.2, 0.25) is 5.02 Å². The van der Waals surface area contributed by atoms with Gasteiger partial charge in [0.2, 0.25) is 0 Å². The van der Waals surface area contributed by atoms with Crippen LogP contribution in [-0.4, -0.2) is 10.2 Å². The third kappa shape index (κ3) is 2.26. The molecule has 2 heterocycles. The average molecular weight is 369 g/mol. The normalized spacial score (nSPS) is 10.9. The highest BCUT2D eigenvalue weighted by molar-refractivity contribution is 9.10. The molecule has 6 heteroatoms. The van der Waals surface area contributed by atoms with Gasteiger partial charge in [-0.15, -0.1) is 11.3 Å². The summed E-state index contributed by atoms with van der Waals surface area (Å²) in [4.78, 5) is 0.961. The summed E-state index contributed by atoms with van der Waals surface area (Å²) in [6.07, 6.45) is 0. The van der Waals surface area contributed by atoms with Crippen molar-refractivity contribution in [1.29, 1.82) is 0 Å². The molecular formula is C14H11BrClN3S. The number of benzene rings is 1. The van der Waals surface area contributed by atoms with Crippen molar-refractivity contribution in [3.63, 3.8) is 0 Å². The first-order chi connectivity index (χ1) is 9.58. The topological polar surface area (TPSA) is 54.7 Å². The van der Waals surface area contributed by atoms with Crippen molar-refractivity contribution >= 4 is 44.7 Å². The van der Waals surface area contributed by atoms with Crippen molar-refractivity contribution in [2.45, 2.75) is 6.92 Å². The Kier molecular flexibility index (Phi) is 3.58. The van der Waals surface area contributed by atoms with Crippen LogP contribution in [0.4, 0.5) is 5.82 Å². The van der Waals surface area contributed by atoms with E-state index in [1.54, 1.807) is 11.3 Å². The monoisotopic (exact) mass is 367 g/mol. The molecule has 0 amide bonds. The molecule has 0 atom stereocenters. The Balaban J connectivity index is 2.22. The number of nitrogens with two attached hydrogens (primary N) is 1. The van der Waals surface area contributed by atoms with Crippen LogP contribution in [0.15, 0.2) is 34.1 Å². The molecular weight excluding hydrogens is 358 g/mol. The Hall–Kier alpha value is -1.30. The Bertz CT molecular complexity index is 779. The maximum atomic E-state index is 6.36. The van der Waals surface area contributed by atoms with Gasteiger partial charge in [-0.25, -0.2) is 0 Å². The van der Waals surface area contributed by atoms with E-state index >= 15 is 0 Å². The van der Waals surface area contributed by atoms with Gasteiger partial charge in [-0.1, -0.05) is 39.7 Å². The standard InChI is InChI=1S/C14H11BrClN3S/c1-7-6-20-13(11(7)16)12-10(14(17)19-18-12)8-3-2-4-9(15)5-8/h2-6H,1H3,(H3,17,18,19). The number of nitrogens with zero attached hydrogens (tertiary/aromatic N) is 1. The van der Waals surface area contributed by atoms with Gasteiger partial charge in [0, 0.05) is 4.47 Å². The summed E-state index contributed by atoms with van der Waals surface area (Å²) in [6, 6.07) is 7.96. The fourth-order valence-corrected chi connectivity index (χ4v) is 3.74. The quantitative estimate of drug-likeness (QED) is 0.660. The van der Waals surface area contributed by atoms with Crippen LogP contribution in [0.5, 0.6) is 0 Å². The van der Waals surface area contributed by atoms with Crippen LogP contribution in [0, 0.1) is 6.92 Å². The number of nitrogen functional groups attached to an aromatic ring is 1. The molecule has 2 aromatic heterocycles. The van der Waals surface area contributed by atoms with Crippen molar-refractivity contribution < 1.29 is 0 Å². The van der Waals surface area contributed by atoms with Crippen LogP contribution < -0.4 is 5.73 Å². The van der Waals surface area contributed by atoms with Gasteiger partial charge in [0.15, 0.2) is 5.82 Å². The molecule has 0 saturated carbocycles. The summed E-state index contributed by atoms with van der Waals surface area (Å²) >= 11 is 11.4. The van der Waals surface area contributed by atoms with Gasteiger partial charge in [0.05, 0.1) is 21.2 Å². The maximum Gasteiger partial charge on any atom is 0.153 e. The number of anilines is 1. The van der Waals surface area contributed by atoms with Crippen LogP contribution >= 0.6 is 38.9 Å². The first-order valence-corrected chi connectivity index (χ1v) is 7.96. The van der Waals surface area contributed by atoms with Crippen LogP contribution in [0.25, 0.3) is 21.7 Å².